The Balaban J connectivity index is 2.59. The van der Waals surface area contributed by atoms with Crippen LogP contribution in [-0.2, 0) is 4.79 Å². The van der Waals surface area contributed by atoms with Crippen molar-refractivity contribution in [1.82, 2.24) is 10.6 Å². The van der Waals surface area contributed by atoms with E-state index >= 15 is 0 Å². The fraction of sp³-hybridized carbons (Fsp3) is 0.286. The van der Waals surface area contributed by atoms with Gasteiger partial charge in [-0.05, 0) is 18.6 Å². The van der Waals surface area contributed by atoms with Gasteiger partial charge >= 0.3 is 0 Å². The normalized spacial score (nSPS) is 16.5. The van der Waals surface area contributed by atoms with Crippen LogP contribution in [0.4, 0.5) is 0 Å². The van der Waals surface area contributed by atoms with Gasteiger partial charge in [0.15, 0.2) is 0 Å². The average Bonchev–Trinajstić information content (AvgIpc) is 1.88. The maximum Gasteiger partial charge on any atom is 0.212 e. The lowest BCUT2D eigenvalue weighted by Gasteiger charge is -2.12. The average molecular weight is 138 g/mol. The van der Waals surface area contributed by atoms with Gasteiger partial charge in [0.2, 0.25) is 6.41 Å². The van der Waals surface area contributed by atoms with E-state index < -0.39 is 0 Å². The first-order valence-corrected chi connectivity index (χ1v) is 3.15. The molecule has 3 nitrogen and oxygen atoms in total. The molecule has 0 spiro atoms. The van der Waals surface area contributed by atoms with E-state index in [1.54, 1.807) is 0 Å². The number of nitrogens with one attached hydrogen (secondary N) is 2. The fourth-order valence-electron chi connectivity index (χ4n) is 0.816. The van der Waals surface area contributed by atoms with Crippen LogP contribution in [0, 0.1) is 0 Å². The molecule has 2 N–H and O–H groups in total. The molecule has 0 aromatic carbocycles. The van der Waals surface area contributed by atoms with Gasteiger partial charge in [0.1, 0.15) is 5.82 Å². The number of allylic oxidation sites excluding steroid dienone is 2. The van der Waals surface area contributed by atoms with Crippen molar-refractivity contribution >= 4 is 6.41 Å². The maximum atomic E-state index is 9.97. The first-order valence-electron chi connectivity index (χ1n) is 3.15. The molecule has 1 amide bonds. The minimum absolute atomic E-state index is 0.664. The van der Waals surface area contributed by atoms with Crippen molar-refractivity contribution in [2.75, 3.05) is 6.54 Å². The van der Waals surface area contributed by atoms with Gasteiger partial charge in [-0.1, -0.05) is 6.08 Å². The maximum absolute atomic E-state index is 9.97. The van der Waals surface area contributed by atoms with Crippen LogP contribution in [0.15, 0.2) is 23.5 Å². The van der Waals surface area contributed by atoms with Gasteiger partial charge in [-0.3, -0.25) is 4.79 Å². The third-order valence-electron chi connectivity index (χ3n) is 1.30. The van der Waals surface area contributed by atoms with Crippen molar-refractivity contribution in [3.63, 3.8) is 0 Å². The lowest BCUT2D eigenvalue weighted by Crippen LogP contribution is -2.27. The summed E-state index contributed by atoms with van der Waals surface area (Å²) >= 11 is 0. The molecule has 3 heteroatoms. The number of rotatable bonds is 2. The van der Waals surface area contributed by atoms with Crippen molar-refractivity contribution in [3.8, 4) is 0 Å². The van der Waals surface area contributed by atoms with E-state index in [9.17, 15) is 4.79 Å². The summed E-state index contributed by atoms with van der Waals surface area (Å²) in [4.78, 5) is 9.97. The van der Waals surface area contributed by atoms with Gasteiger partial charge in [0, 0.05) is 6.54 Å². The zero-order chi connectivity index (χ0) is 7.40. The first-order chi connectivity index (χ1) is 4.83. The van der Waals surface area contributed by atoms with Gasteiger partial charge < -0.3 is 10.6 Å². The molecular weight excluding hydrogens is 128 g/mol. The molecule has 1 heterocycles. The minimum Gasteiger partial charge on any atom is -0.368 e. The molecule has 0 bridgehead atoms. The summed E-state index contributed by atoms with van der Waals surface area (Å²) in [7, 11) is 0. The Morgan fingerprint density at radius 1 is 1.80 bits per heavy atom. The summed E-state index contributed by atoms with van der Waals surface area (Å²) < 4.78 is 0. The number of carbonyl (C=O) groups excluding carboxylic acids is 1. The summed E-state index contributed by atoms with van der Waals surface area (Å²) in [6.45, 7) is 2.78. The highest BCUT2D eigenvalue weighted by Crippen LogP contribution is 2.00. The van der Waals surface area contributed by atoms with Gasteiger partial charge in [0.25, 0.3) is 0 Å². The molecular formula is C7H10N2O. The van der Waals surface area contributed by atoms with E-state index in [0.717, 1.165) is 12.4 Å². The molecule has 0 atom stereocenters. The molecule has 1 aliphatic rings. The second-order valence-corrected chi connectivity index (χ2v) is 2.15. The molecule has 0 aliphatic carbocycles. The van der Waals surface area contributed by atoms with E-state index in [1.165, 1.54) is 5.57 Å². The number of hydrogen-bond donors (Lipinski definition) is 2. The van der Waals surface area contributed by atoms with Crippen LogP contribution >= 0.6 is 0 Å². The molecule has 0 aromatic heterocycles. The van der Waals surface area contributed by atoms with Gasteiger partial charge in [0.05, 0.1) is 0 Å². The predicted octanol–water partition coefficient (Wildman–Crippen LogP) is 0.123. The molecule has 0 radical (unpaired) electrons. The molecule has 54 valence electrons. The highest BCUT2D eigenvalue weighted by Gasteiger charge is 1.97. The highest BCUT2D eigenvalue weighted by atomic mass is 16.1. The highest BCUT2D eigenvalue weighted by molar-refractivity contribution is 5.50. The summed E-state index contributed by atoms with van der Waals surface area (Å²) in [5.74, 6) is 0.773. The van der Waals surface area contributed by atoms with Crippen molar-refractivity contribution < 1.29 is 4.79 Å². The first kappa shape index (κ1) is 6.86. The van der Waals surface area contributed by atoms with Crippen LogP contribution in [0.5, 0.6) is 0 Å². The number of amides is 1. The molecule has 0 aromatic rings. The third kappa shape index (κ3) is 1.62. The smallest absolute Gasteiger partial charge is 0.212 e. The Morgan fingerprint density at radius 2 is 2.60 bits per heavy atom. The Labute approximate surface area is 59.8 Å². The van der Waals surface area contributed by atoms with Crippen LogP contribution in [0.3, 0.4) is 0 Å². The van der Waals surface area contributed by atoms with Crippen molar-refractivity contribution in [2.45, 2.75) is 6.92 Å². The number of hydrogen-bond acceptors (Lipinski definition) is 2. The van der Waals surface area contributed by atoms with Crippen LogP contribution in [0.25, 0.3) is 0 Å². The SMILES string of the molecule is CC1=CCNC(NC=O)=C1. The summed E-state index contributed by atoms with van der Waals surface area (Å²) in [5.41, 5.74) is 1.17. The summed E-state index contributed by atoms with van der Waals surface area (Å²) in [6.07, 6.45) is 4.60. The number of carbonyl (C=O) groups is 1. The Hall–Kier alpha value is -1.25. The van der Waals surface area contributed by atoms with Gasteiger partial charge in [-0.2, -0.15) is 0 Å². The van der Waals surface area contributed by atoms with Crippen molar-refractivity contribution in [1.29, 1.82) is 0 Å². The minimum atomic E-state index is 0.664. The largest absolute Gasteiger partial charge is 0.368 e. The van der Waals surface area contributed by atoms with E-state index in [-0.39, 0.29) is 0 Å². The summed E-state index contributed by atoms with van der Waals surface area (Å²) in [5, 5.41) is 5.54. The molecule has 0 saturated heterocycles. The van der Waals surface area contributed by atoms with Crippen LogP contribution in [0.2, 0.25) is 0 Å². The zero-order valence-electron chi connectivity index (χ0n) is 5.85. The summed E-state index contributed by atoms with van der Waals surface area (Å²) in [6, 6.07) is 0. The molecule has 0 saturated carbocycles. The van der Waals surface area contributed by atoms with Crippen molar-refractivity contribution in [2.24, 2.45) is 0 Å². The number of dihydropyridines is 1. The molecule has 10 heavy (non-hydrogen) atoms. The fourth-order valence-corrected chi connectivity index (χ4v) is 0.816. The Morgan fingerprint density at radius 3 is 3.20 bits per heavy atom. The standard InChI is InChI=1S/C7H10N2O/c1-6-2-3-8-7(4-6)9-5-10/h2,4-5,8H,3H2,1H3,(H,9,10). The van der Waals surface area contributed by atoms with Crippen molar-refractivity contribution in [3.05, 3.63) is 23.5 Å². The van der Waals surface area contributed by atoms with E-state index in [0.29, 0.717) is 6.41 Å². The Kier molecular flexibility index (Phi) is 2.10. The second kappa shape index (κ2) is 3.06. The molecule has 0 fully saturated rings. The van der Waals surface area contributed by atoms with Gasteiger partial charge in [-0.15, -0.1) is 0 Å². The van der Waals surface area contributed by atoms with E-state index in [2.05, 4.69) is 16.7 Å². The lowest BCUT2D eigenvalue weighted by atomic mass is 10.2. The van der Waals surface area contributed by atoms with Gasteiger partial charge in [-0.25, -0.2) is 0 Å². The van der Waals surface area contributed by atoms with E-state index in [4.69, 9.17) is 0 Å². The van der Waals surface area contributed by atoms with Crippen LogP contribution in [-0.4, -0.2) is 13.0 Å². The van der Waals surface area contributed by atoms with Crippen LogP contribution in [0.1, 0.15) is 6.92 Å². The quantitative estimate of drug-likeness (QED) is 0.532. The van der Waals surface area contributed by atoms with Crippen LogP contribution < -0.4 is 10.6 Å². The predicted molar refractivity (Wildman–Crippen MR) is 39.0 cm³/mol. The van der Waals surface area contributed by atoms with E-state index in [1.807, 2.05) is 13.0 Å². The topological polar surface area (TPSA) is 41.1 Å². The molecule has 1 rings (SSSR count). The Bertz CT molecular complexity index is 194. The monoisotopic (exact) mass is 138 g/mol. The molecule has 0 unspecified atom stereocenters. The molecule has 1 aliphatic heterocycles. The second-order valence-electron chi connectivity index (χ2n) is 2.15. The lowest BCUT2D eigenvalue weighted by molar-refractivity contribution is -0.109. The third-order valence-corrected chi connectivity index (χ3v) is 1.30. The zero-order valence-corrected chi connectivity index (χ0v) is 5.85.